The van der Waals surface area contributed by atoms with Crippen LogP contribution >= 0.6 is 11.8 Å². The van der Waals surface area contributed by atoms with Crippen molar-refractivity contribution in [1.82, 2.24) is 9.78 Å². The lowest BCUT2D eigenvalue weighted by Gasteiger charge is -2.04. The maximum absolute atomic E-state index is 5.59. The largest absolute Gasteiger partial charge is 0.330 e. The number of hydrogen-bond donors (Lipinski definition) is 1. The minimum absolute atomic E-state index is 0.707. The van der Waals surface area contributed by atoms with Gasteiger partial charge in [0, 0.05) is 12.2 Å². The van der Waals surface area contributed by atoms with Gasteiger partial charge in [0.05, 0.1) is 5.69 Å². The fourth-order valence-corrected chi connectivity index (χ4v) is 2.23. The van der Waals surface area contributed by atoms with Gasteiger partial charge in [0.1, 0.15) is 0 Å². The zero-order valence-corrected chi connectivity index (χ0v) is 10.7. The SMILES string of the molecule is CSCCCn1nc(C)c(CCN)c1C. The first-order chi connectivity index (χ1) is 7.20. The molecule has 0 amide bonds. The van der Waals surface area contributed by atoms with Crippen LogP contribution in [0.25, 0.3) is 0 Å². The smallest absolute Gasteiger partial charge is 0.0628 e. The van der Waals surface area contributed by atoms with E-state index in [2.05, 4.69) is 29.9 Å². The summed E-state index contributed by atoms with van der Waals surface area (Å²) in [7, 11) is 0. The number of hydrogen-bond acceptors (Lipinski definition) is 3. The second-order valence-corrected chi connectivity index (χ2v) is 4.74. The normalized spacial score (nSPS) is 10.9. The second-order valence-electron chi connectivity index (χ2n) is 3.76. The molecule has 0 unspecified atom stereocenters. The Morgan fingerprint density at radius 2 is 2.13 bits per heavy atom. The van der Waals surface area contributed by atoms with Gasteiger partial charge in [-0.1, -0.05) is 0 Å². The van der Waals surface area contributed by atoms with Crippen molar-refractivity contribution in [3.8, 4) is 0 Å². The van der Waals surface area contributed by atoms with Crippen LogP contribution < -0.4 is 5.73 Å². The van der Waals surface area contributed by atoms with Crippen molar-refractivity contribution in [2.75, 3.05) is 18.6 Å². The first-order valence-corrected chi connectivity index (χ1v) is 6.82. The molecule has 1 aromatic rings. The Hall–Kier alpha value is -0.480. The maximum Gasteiger partial charge on any atom is 0.0628 e. The van der Waals surface area contributed by atoms with Gasteiger partial charge in [-0.05, 0) is 50.8 Å². The molecule has 86 valence electrons. The first-order valence-electron chi connectivity index (χ1n) is 5.42. The van der Waals surface area contributed by atoms with Gasteiger partial charge in [0.25, 0.3) is 0 Å². The topological polar surface area (TPSA) is 43.8 Å². The van der Waals surface area contributed by atoms with E-state index in [1.165, 1.54) is 23.4 Å². The summed E-state index contributed by atoms with van der Waals surface area (Å²) in [5.41, 5.74) is 9.36. The molecule has 0 aliphatic carbocycles. The lowest BCUT2D eigenvalue weighted by Crippen LogP contribution is -2.06. The van der Waals surface area contributed by atoms with Gasteiger partial charge in [0.2, 0.25) is 0 Å². The predicted molar refractivity (Wildman–Crippen MR) is 67.5 cm³/mol. The van der Waals surface area contributed by atoms with E-state index in [0.29, 0.717) is 6.54 Å². The zero-order chi connectivity index (χ0) is 11.3. The summed E-state index contributed by atoms with van der Waals surface area (Å²) in [6.45, 7) is 5.95. The molecule has 1 aromatic heterocycles. The molecular weight excluding hydrogens is 206 g/mol. The summed E-state index contributed by atoms with van der Waals surface area (Å²) in [4.78, 5) is 0. The van der Waals surface area contributed by atoms with Gasteiger partial charge in [-0.25, -0.2) is 0 Å². The molecular formula is C11H21N3S. The molecule has 0 atom stereocenters. The van der Waals surface area contributed by atoms with Crippen molar-refractivity contribution in [3.05, 3.63) is 17.0 Å². The molecule has 0 aliphatic heterocycles. The van der Waals surface area contributed by atoms with Crippen LogP contribution in [0.4, 0.5) is 0 Å². The molecule has 1 rings (SSSR count). The van der Waals surface area contributed by atoms with Crippen molar-refractivity contribution in [2.45, 2.75) is 33.2 Å². The van der Waals surface area contributed by atoms with Crippen LogP contribution in [-0.2, 0) is 13.0 Å². The molecule has 3 nitrogen and oxygen atoms in total. The average Bonchev–Trinajstić information content (AvgIpc) is 2.47. The molecule has 15 heavy (non-hydrogen) atoms. The Bertz CT molecular complexity index is 307. The first kappa shape index (κ1) is 12.6. The fourth-order valence-electron chi connectivity index (χ4n) is 1.82. The van der Waals surface area contributed by atoms with E-state index in [1.54, 1.807) is 0 Å². The quantitative estimate of drug-likeness (QED) is 0.753. The highest BCUT2D eigenvalue weighted by atomic mass is 32.2. The molecule has 0 fully saturated rings. The highest BCUT2D eigenvalue weighted by Crippen LogP contribution is 2.14. The number of rotatable bonds is 6. The third kappa shape index (κ3) is 3.24. The molecule has 0 spiro atoms. The summed E-state index contributed by atoms with van der Waals surface area (Å²) in [5.74, 6) is 1.20. The van der Waals surface area contributed by atoms with E-state index in [9.17, 15) is 0 Å². The molecule has 0 radical (unpaired) electrons. The van der Waals surface area contributed by atoms with Crippen molar-refractivity contribution in [2.24, 2.45) is 5.73 Å². The highest BCUT2D eigenvalue weighted by Gasteiger charge is 2.09. The Balaban J connectivity index is 2.68. The van der Waals surface area contributed by atoms with Gasteiger partial charge < -0.3 is 5.73 Å². The third-order valence-corrected chi connectivity index (χ3v) is 3.34. The molecule has 2 N–H and O–H groups in total. The van der Waals surface area contributed by atoms with E-state index in [0.717, 1.165) is 18.7 Å². The fraction of sp³-hybridized carbons (Fsp3) is 0.727. The number of nitrogens with zero attached hydrogens (tertiary/aromatic N) is 2. The summed E-state index contributed by atoms with van der Waals surface area (Å²) >= 11 is 1.89. The minimum atomic E-state index is 0.707. The monoisotopic (exact) mass is 227 g/mol. The molecule has 0 saturated carbocycles. The number of aromatic nitrogens is 2. The maximum atomic E-state index is 5.59. The Morgan fingerprint density at radius 1 is 1.40 bits per heavy atom. The van der Waals surface area contributed by atoms with Crippen LogP contribution in [0.15, 0.2) is 0 Å². The van der Waals surface area contributed by atoms with E-state index in [-0.39, 0.29) is 0 Å². The van der Waals surface area contributed by atoms with Crippen LogP contribution in [0.2, 0.25) is 0 Å². The molecule has 1 heterocycles. The van der Waals surface area contributed by atoms with E-state index < -0.39 is 0 Å². The van der Waals surface area contributed by atoms with Crippen LogP contribution in [0.3, 0.4) is 0 Å². The van der Waals surface area contributed by atoms with Gasteiger partial charge in [-0.2, -0.15) is 16.9 Å². The minimum Gasteiger partial charge on any atom is -0.330 e. The predicted octanol–water partition coefficient (Wildman–Crippen LogP) is 1.75. The van der Waals surface area contributed by atoms with Gasteiger partial charge in [0.15, 0.2) is 0 Å². The lowest BCUT2D eigenvalue weighted by molar-refractivity contribution is 0.586. The second kappa shape index (κ2) is 6.18. The van der Waals surface area contributed by atoms with Crippen LogP contribution in [0.1, 0.15) is 23.4 Å². The Kier molecular flexibility index (Phi) is 5.19. The van der Waals surface area contributed by atoms with Crippen molar-refractivity contribution >= 4 is 11.8 Å². The van der Waals surface area contributed by atoms with Gasteiger partial charge in [-0.15, -0.1) is 0 Å². The zero-order valence-electron chi connectivity index (χ0n) is 9.92. The number of aryl methyl sites for hydroxylation is 2. The Morgan fingerprint density at radius 3 is 2.73 bits per heavy atom. The van der Waals surface area contributed by atoms with Crippen molar-refractivity contribution < 1.29 is 0 Å². The Labute approximate surface area is 96.4 Å². The van der Waals surface area contributed by atoms with E-state index in [4.69, 9.17) is 5.73 Å². The summed E-state index contributed by atoms with van der Waals surface area (Å²) < 4.78 is 2.12. The van der Waals surface area contributed by atoms with Crippen LogP contribution in [-0.4, -0.2) is 28.3 Å². The van der Waals surface area contributed by atoms with Crippen molar-refractivity contribution in [1.29, 1.82) is 0 Å². The van der Waals surface area contributed by atoms with Crippen LogP contribution in [0, 0.1) is 13.8 Å². The standard InChI is InChI=1S/C11H21N3S/c1-9-11(5-6-12)10(2)14(13-9)7-4-8-15-3/h4-8,12H2,1-3H3. The number of thioether (sulfide) groups is 1. The highest BCUT2D eigenvalue weighted by molar-refractivity contribution is 7.98. The summed E-state index contributed by atoms with van der Waals surface area (Å²) in [6.07, 6.45) is 4.27. The molecule has 4 heteroatoms. The number of nitrogens with two attached hydrogens (primary N) is 1. The van der Waals surface area contributed by atoms with Gasteiger partial charge >= 0.3 is 0 Å². The van der Waals surface area contributed by atoms with Crippen molar-refractivity contribution in [3.63, 3.8) is 0 Å². The molecule has 0 saturated heterocycles. The molecule has 0 aromatic carbocycles. The summed E-state index contributed by atoms with van der Waals surface area (Å²) in [6, 6.07) is 0. The third-order valence-electron chi connectivity index (χ3n) is 2.64. The van der Waals surface area contributed by atoms with E-state index in [1.807, 2.05) is 11.8 Å². The summed E-state index contributed by atoms with van der Waals surface area (Å²) in [5, 5.41) is 4.55. The molecule has 0 aliphatic rings. The van der Waals surface area contributed by atoms with E-state index >= 15 is 0 Å². The van der Waals surface area contributed by atoms with Gasteiger partial charge in [-0.3, -0.25) is 4.68 Å². The molecule has 0 bridgehead atoms. The van der Waals surface area contributed by atoms with Crippen LogP contribution in [0.5, 0.6) is 0 Å². The average molecular weight is 227 g/mol. The lowest BCUT2D eigenvalue weighted by atomic mass is 10.1.